The topological polar surface area (TPSA) is 65.3 Å². The van der Waals surface area contributed by atoms with Crippen molar-refractivity contribution in [2.75, 3.05) is 0 Å². The highest BCUT2D eigenvalue weighted by Gasteiger charge is 2.22. The molecule has 5 nitrogen and oxygen atoms in total. The van der Waals surface area contributed by atoms with Crippen molar-refractivity contribution in [2.24, 2.45) is 0 Å². The molecule has 0 atom stereocenters. The van der Waals surface area contributed by atoms with Crippen LogP contribution < -0.4 is 39.3 Å². The number of benzene rings is 3. The van der Waals surface area contributed by atoms with Gasteiger partial charge in [-0.25, -0.2) is 4.57 Å². The summed E-state index contributed by atoms with van der Waals surface area (Å²) in [7, 11) is -4.31. The van der Waals surface area contributed by atoms with Gasteiger partial charge in [0.2, 0.25) is 5.69 Å². The first-order valence-electron chi connectivity index (χ1n) is 10.6. The van der Waals surface area contributed by atoms with Crippen molar-refractivity contribution in [1.29, 1.82) is 0 Å². The smallest absolute Gasteiger partial charge is 0.356 e. The predicted molar refractivity (Wildman–Crippen MR) is 128 cm³/mol. The van der Waals surface area contributed by atoms with E-state index in [2.05, 4.69) is 65.5 Å². The maximum absolute atomic E-state index is 11.8. The van der Waals surface area contributed by atoms with Gasteiger partial charge in [0, 0.05) is 35.9 Å². The van der Waals surface area contributed by atoms with Crippen LogP contribution in [0.25, 0.3) is 27.6 Å². The van der Waals surface area contributed by atoms with E-state index in [1.54, 1.807) is 18.2 Å². The molecule has 35 heavy (non-hydrogen) atoms. The monoisotopic (exact) mass is 524 g/mol. The van der Waals surface area contributed by atoms with Gasteiger partial charge in [-0.3, -0.25) is 4.57 Å². The van der Waals surface area contributed by atoms with Crippen molar-refractivity contribution in [3.8, 4) is 16.8 Å². The van der Waals surface area contributed by atoms with Crippen LogP contribution in [0, 0.1) is 0 Å². The summed E-state index contributed by atoms with van der Waals surface area (Å²) in [4.78, 5) is 19.2. The molecule has 0 saturated carbocycles. The van der Waals surface area contributed by atoms with Crippen LogP contribution in [0.2, 0.25) is 0 Å². The lowest BCUT2D eigenvalue weighted by Crippen LogP contribution is -3.00. The second-order valence-corrected chi connectivity index (χ2v) is 9.49. The third kappa shape index (κ3) is 5.79. The van der Waals surface area contributed by atoms with Gasteiger partial charge in [0.25, 0.3) is 0 Å². The first kappa shape index (κ1) is 26.6. The van der Waals surface area contributed by atoms with Crippen molar-refractivity contribution in [2.45, 2.75) is 6.54 Å². The summed E-state index contributed by atoms with van der Waals surface area (Å²) in [5, 5.41) is 2.48. The Kier molecular flexibility index (Phi) is 8.44. The first-order valence-corrected chi connectivity index (χ1v) is 12.2. The van der Waals surface area contributed by atoms with E-state index in [-0.39, 0.29) is 30.1 Å². The van der Waals surface area contributed by atoms with Crippen LogP contribution in [-0.4, -0.2) is 9.79 Å². The molecule has 8 heteroatoms. The molecule has 0 aliphatic carbocycles. The number of nitrogens with zero attached hydrogens (tertiary/aromatic N) is 2. The summed E-state index contributed by atoms with van der Waals surface area (Å²) >= 11 is 0. The lowest BCUT2D eigenvalue weighted by Gasteiger charge is -2.08. The van der Waals surface area contributed by atoms with Gasteiger partial charge in [0.1, 0.15) is 0 Å². The third-order valence-corrected chi connectivity index (χ3v) is 6.82. The fraction of sp³-hybridized carbons (Fsp3) is 0.0370. The Morgan fingerprint density at radius 2 is 1.23 bits per heavy atom. The number of fused-ring (bicyclic) bond motifs is 1. The largest absolute Gasteiger partial charge is 1.00 e. The molecule has 0 unspecified atom stereocenters. The molecule has 0 aliphatic heterocycles. The molecule has 3 aromatic carbocycles. The Morgan fingerprint density at radius 1 is 0.657 bits per heavy atom. The minimum atomic E-state index is -4.31. The summed E-state index contributed by atoms with van der Waals surface area (Å²) in [5.41, 5.74) is 3.91. The van der Waals surface area contributed by atoms with Crippen LogP contribution in [0.3, 0.4) is 0 Å². The lowest BCUT2D eigenvalue weighted by atomic mass is 10.1. The molecule has 0 radical (unpaired) electrons. The average molecular weight is 525 g/mol. The minimum Gasteiger partial charge on any atom is -1.00 e. The highest BCUT2D eigenvalue weighted by molar-refractivity contribution is 7.60. The lowest BCUT2D eigenvalue weighted by molar-refractivity contribution is -0.688. The number of aromatic nitrogens is 2. The first-order chi connectivity index (χ1) is 16.0. The predicted octanol–water partition coefficient (Wildman–Crippen LogP) is -2.07. The number of rotatable bonds is 5. The minimum absolute atomic E-state index is 0. The Bertz CT molecular complexity index is 1480. The Balaban J connectivity index is 0.00000171. The molecule has 178 valence electrons. The van der Waals surface area contributed by atoms with E-state index in [9.17, 15) is 14.4 Å². The quantitative estimate of drug-likeness (QED) is 0.205. The maximum Gasteiger partial charge on any atom is 0.356 e. The summed E-state index contributed by atoms with van der Waals surface area (Å²) in [6.45, 7) is 0.386. The third-order valence-electron chi connectivity index (χ3n) is 5.76. The van der Waals surface area contributed by atoms with E-state index >= 15 is 0 Å². The second-order valence-electron chi connectivity index (χ2n) is 7.92. The van der Waals surface area contributed by atoms with Gasteiger partial charge < -0.3 is 34.6 Å². The van der Waals surface area contributed by atoms with Crippen LogP contribution in [0.4, 0.5) is 0 Å². The summed E-state index contributed by atoms with van der Waals surface area (Å²) in [6, 6.07) is 29.5. The van der Waals surface area contributed by atoms with Crippen LogP contribution in [0.1, 0.15) is 5.56 Å². The molecule has 0 fully saturated rings. The van der Waals surface area contributed by atoms with E-state index in [1.807, 2.05) is 35.2 Å². The molecule has 0 aliphatic rings. The molecular weight excluding hydrogens is 502 g/mol. The number of halogens is 2. The molecule has 5 rings (SSSR count). The van der Waals surface area contributed by atoms with E-state index in [4.69, 9.17) is 0 Å². The van der Waals surface area contributed by atoms with Crippen molar-refractivity contribution in [3.63, 3.8) is 0 Å². The average Bonchev–Trinajstić information content (AvgIpc) is 2.84. The Labute approximate surface area is 216 Å². The normalized spacial score (nSPS) is 10.9. The fourth-order valence-corrected chi connectivity index (χ4v) is 4.89. The SMILES string of the molecule is O=P(O)(O)c1ccccc1C[n+]1ccc(-c2cc[n+](-c3cccc4ccccc34)cc2)cc1.[Cl-].[Cl-]. The summed E-state index contributed by atoms with van der Waals surface area (Å²) < 4.78 is 15.8. The zero-order valence-corrected chi connectivity index (χ0v) is 21.0. The van der Waals surface area contributed by atoms with Gasteiger partial charge in [0.05, 0.1) is 10.7 Å². The second kappa shape index (κ2) is 11.1. The number of pyridine rings is 2. The van der Waals surface area contributed by atoms with Crippen LogP contribution in [0.15, 0.2) is 116 Å². The maximum atomic E-state index is 11.8. The summed E-state index contributed by atoms with van der Waals surface area (Å²) in [6.07, 6.45) is 7.98. The van der Waals surface area contributed by atoms with Crippen molar-refractivity contribution >= 4 is 23.7 Å². The Morgan fingerprint density at radius 3 is 1.91 bits per heavy atom. The molecule has 0 saturated heterocycles. The van der Waals surface area contributed by atoms with Gasteiger partial charge in [0.15, 0.2) is 31.3 Å². The molecule has 0 bridgehead atoms. The van der Waals surface area contributed by atoms with E-state index in [0.717, 1.165) is 16.8 Å². The fourth-order valence-electron chi connectivity index (χ4n) is 4.09. The van der Waals surface area contributed by atoms with Crippen LogP contribution >= 0.6 is 7.60 Å². The van der Waals surface area contributed by atoms with Gasteiger partial charge in [-0.1, -0.05) is 48.5 Å². The molecule has 5 aromatic rings. The van der Waals surface area contributed by atoms with Crippen molar-refractivity contribution in [1.82, 2.24) is 0 Å². The van der Waals surface area contributed by atoms with E-state index < -0.39 is 7.60 Å². The molecule has 2 heterocycles. The van der Waals surface area contributed by atoms with E-state index in [1.165, 1.54) is 16.8 Å². The van der Waals surface area contributed by atoms with Gasteiger partial charge in [-0.15, -0.1) is 0 Å². The standard InChI is InChI=1S/C27H21N2O3P.2ClH/c30-33(31,32)27-11-4-2-7-24(27)20-28-16-12-21(13-17-28)22-14-18-29(19-15-22)26-10-5-8-23-6-1-3-9-25(23)26;;/h1-19H,20H2;2*1H. The molecular formula is C27H23Cl2N2O3P. The molecule has 0 spiro atoms. The highest BCUT2D eigenvalue weighted by Crippen LogP contribution is 2.34. The molecule has 2 N–H and O–H groups in total. The van der Waals surface area contributed by atoms with Crippen LogP contribution in [-0.2, 0) is 11.1 Å². The molecule has 0 amide bonds. The summed E-state index contributed by atoms with van der Waals surface area (Å²) in [5.74, 6) is 0. The van der Waals surface area contributed by atoms with Crippen molar-refractivity contribution < 1.29 is 48.3 Å². The number of hydrogen-bond donors (Lipinski definition) is 2. The highest BCUT2D eigenvalue weighted by atomic mass is 35.5. The zero-order chi connectivity index (χ0) is 22.8. The molecule has 2 aromatic heterocycles. The van der Waals surface area contributed by atoms with Gasteiger partial charge in [-0.05, 0) is 28.6 Å². The van der Waals surface area contributed by atoms with Crippen LogP contribution in [0.5, 0.6) is 0 Å². The Hall–Kier alpha value is -3.05. The zero-order valence-electron chi connectivity index (χ0n) is 18.6. The van der Waals surface area contributed by atoms with Crippen molar-refractivity contribution in [3.05, 3.63) is 121 Å². The van der Waals surface area contributed by atoms with Gasteiger partial charge >= 0.3 is 7.60 Å². The number of hydrogen-bond acceptors (Lipinski definition) is 1. The van der Waals surface area contributed by atoms with Gasteiger partial charge in [-0.2, -0.15) is 4.57 Å². The van der Waals surface area contributed by atoms with E-state index in [0.29, 0.717) is 12.1 Å².